The average Bonchev–Trinajstić information content (AvgIpc) is 3.04. The Labute approximate surface area is 151 Å². The van der Waals surface area contributed by atoms with Gasteiger partial charge in [-0.15, -0.1) is 0 Å². The number of benzene rings is 1. The molecule has 0 unspecified atom stereocenters. The van der Waals surface area contributed by atoms with Gasteiger partial charge in [-0.2, -0.15) is 0 Å². The minimum atomic E-state index is -0.276. The van der Waals surface area contributed by atoms with Gasteiger partial charge in [-0.3, -0.25) is 4.79 Å². The van der Waals surface area contributed by atoms with Gasteiger partial charge in [-0.05, 0) is 36.4 Å². The third-order valence-electron chi connectivity index (χ3n) is 4.07. The largest absolute Gasteiger partial charge is 0.337 e. The number of nitrogens with one attached hydrogen (secondary N) is 2. The van der Waals surface area contributed by atoms with E-state index in [0.717, 1.165) is 17.0 Å². The van der Waals surface area contributed by atoms with Crippen molar-refractivity contribution in [1.29, 1.82) is 0 Å². The maximum absolute atomic E-state index is 12.0. The summed E-state index contributed by atoms with van der Waals surface area (Å²) in [7, 11) is 1.71. The number of imidazole rings is 1. The van der Waals surface area contributed by atoms with E-state index in [-0.39, 0.29) is 11.9 Å². The number of hydrogen-bond acceptors (Lipinski definition) is 3. The molecule has 7 heteroatoms. The maximum Gasteiger partial charge on any atom is 0.319 e. The summed E-state index contributed by atoms with van der Waals surface area (Å²) in [6.07, 6.45) is 4.55. The topological polar surface area (TPSA) is 78.7 Å². The van der Waals surface area contributed by atoms with Crippen LogP contribution in [0.3, 0.4) is 0 Å². The van der Waals surface area contributed by atoms with E-state index >= 15 is 0 Å². The second kappa shape index (κ2) is 7.69. The van der Waals surface area contributed by atoms with Gasteiger partial charge in [0.25, 0.3) is 0 Å². The molecule has 134 valence electrons. The molecular formula is C19H21N5O2. The van der Waals surface area contributed by atoms with Crippen LogP contribution in [0.1, 0.15) is 12.6 Å². The molecule has 3 amide bonds. The van der Waals surface area contributed by atoms with E-state index in [9.17, 15) is 9.59 Å². The summed E-state index contributed by atoms with van der Waals surface area (Å²) >= 11 is 0. The third-order valence-corrected chi connectivity index (χ3v) is 4.07. The quantitative estimate of drug-likeness (QED) is 0.742. The van der Waals surface area contributed by atoms with Crippen LogP contribution in [0.5, 0.6) is 0 Å². The molecule has 3 aromatic rings. The third kappa shape index (κ3) is 4.18. The Kier molecular flexibility index (Phi) is 5.17. The number of carbonyl (C=O) groups excluding carboxylic acids is 2. The fourth-order valence-electron chi connectivity index (χ4n) is 2.54. The van der Waals surface area contributed by atoms with Crippen molar-refractivity contribution in [3.8, 4) is 0 Å². The Balaban J connectivity index is 1.48. The number of anilines is 2. The molecule has 0 aliphatic rings. The van der Waals surface area contributed by atoms with Crippen molar-refractivity contribution in [2.45, 2.75) is 13.3 Å². The fourth-order valence-corrected chi connectivity index (χ4v) is 2.54. The standard InChI is InChI=1S/C19H21N5O2/c1-14(25)23(2)17-8-6-15(7-9-17)22-19(26)20-11-10-16-13-24-12-4-3-5-18(24)21-16/h3-9,12-13H,10-11H2,1-2H3,(H2,20,22,26). The van der Waals surface area contributed by atoms with Crippen molar-refractivity contribution in [2.24, 2.45) is 0 Å². The predicted octanol–water partition coefficient (Wildman–Crippen LogP) is 2.68. The SMILES string of the molecule is CC(=O)N(C)c1ccc(NC(=O)NCCc2cn3ccccc3n2)cc1. The number of aromatic nitrogens is 2. The Morgan fingerprint density at radius 1 is 1.15 bits per heavy atom. The highest BCUT2D eigenvalue weighted by Crippen LogP contribution is 2.16. The lowest BCUT2D eigenvalue weighted by atomic mass is 10.2. The van der Waals surface area contributed by atoms with Crippen LogP contribution < -0.4 is 15.5 Å². The number of fused-ring (bicyclic) bond motifs is 1. The normalized spacial score (nSPS) is 10.5. The molecule has 0 radical (unpaired) electrons. The van der Waals surface area contributed by atoms with E-state index < -0.39 is 0 Å². The zero-order valence-electron chi connectivity index (χ0n) is 14.8. The molecule has 0 saturated carbocycles. The van der Waals surface area contributed by atoms with Crippen LogP contribution in [0.2, 0.25) is 0 Å². The molecule has 1 aromatic carbocycles. The summed E-state index contributed by atoms with van der Waals surface area (Å²) in [5.74, 6) is -0.0459. The van der Waals surface area contributed by atoms with Crippen molar-refractivity contribution in [3.63, 3.8) is 0 Å². The number of urea groups is 1. The van der Waals surface area contributed by atoms with Gasteiger partial charge in [-0.1, -0.05) is 6.07 Å². The number of amides is 3. The molecule has 7 nitrogen and oxygen atoms in total. The van der Waals surface area contributed by atoms with E-state index in [2.05, 4.69) is 15.6 Å². The van der Waals surface area contributed by atoms with Crippen LogP contribution >= 0.6 is 0 Å². The minimum absolute atomic E-state index is 0.0459. The first-order valence-corrected chi connectivity index (χ1v) is 8.35. The molecule has 0 aliphatic heterocycles. The van der Waals surface area contributed by atoms with Crippen LogP contribution in [0.15, 0.2) is 54.9 Å². The smallest absolute Gasteiger partial charge is 0.319 e. The maximum atomic E-state index is 12.0. The molecule has 0 atom stereocenters. The van der Waals surface area contributed by atoms with Gasteiger partial charge in [-0.25, -0.2) is 9.78 Å². The summed E-state index contributed by atoms with van der Waals surface area (Å²) < 4.78 is 1.95. The van der Waals surface area contributed by atoms with E-state index in [1.807, 2.05) is 35.0 Å². The summed E-state index contributed by atoms with van der Waals surface area (Å²) in [4.78, 5) is 29.4. The molecule has 2 N–H and O–H groups in total. The summed E-state index contributed by atoms with van der Waals surface area (Å²) in [5, 5.41) is 5.59. The summed E-state index contributed by atoms with van der Waals surface area (Å²) in [5.41, 5.74) is 3.25. The lowest BCUT2D eigenvalue weighted by molar-refractivity contribution is -0.116. The molecule has 0 bridgehead atoms. The zero-order valence-corrected chi connectivity index (χ0v) is 14.8. The Bertz CT molecular complexity index is 884. The Morgan fingerprint density at radius 3 is 2.62 bits per heavy atom. The van der Waals surface area contributed by atoms with Gasteiger partial charge in [0.05, 0.1) is 5.69 Å². The second-order valence-electron chi connectivity index (χ2n) is 5.95. The molecule has 0 aliphatic carbocycles. The molecule has 0 saturated heterocycles. The van der Waals surface area contributed by atoms with E-state index in [1.54, 1.807) is 36.2 Å². The number of nitrogens with zero attached hydrogens (tertiary/aromatic N) is 3. The Hall–Kier alpha value is -3.35. The van der Waals surface area contributed by atoms with Gasteiger partial charge >= 0.3 is 6.03 Å². The van der Waals surface area contributed by atoms with E-state index in [4.69, 9.17) is 0 Å². The Morgan fingerprint density at radius 2 is 1.92 bits per heavy atom. The van der Waals surface area contributed by atoms with Crippen molar-refractivity contribution in [1.82, 2.24) is 14.7 Å². The van der Waals surface area contributed by atoms with Crippen LogP contribution in [-0.2, 0) is 11.2 Å². The molecular weight excluding hydrogens is 330 g/mol. The first kappa shape index (κ1) is 17.5. The highest BCUT2D eigenvalue weighted by atomic mass is 16.2. The van der Waals surface area contributed by atoms with E-state index in [1.165, 1.54) is 6.92 Å². The average molecular weight is 351 g/mol. The highest BCUT2D eigenvalue weighted by Gasteiger charge is 2.07. The van der Waals surface area contributed by atoms with Crippen LogP contribution in [-0.4, -0.2) is 34.9 Å². The van der Waals surface area contributed by atoms with Crippen molar-refractivity contribution in [3.05, 3.63) is 60.6 Å². The van der Waals surface area contributed by atoms with E-state index in [0.29, 0.717) is 18.7 Å². The van der Waals surface area contributed by atoms with Crippen molar-refractivity contribution >= 4 is 29.0 Å². The second-order valence-corrected chi connectivity index (χ2v) is 5.95. The van der Waals surface area contributed by atoms with Gasteiger partial charge < -0.3 is 19.9 Å². The molecule has 3 rings (SSSR count). The van der Waals surface area contributed by atoms with Crippen molar-refractivity contribution < 1.29 is 9.59 Å². The summed E-state index contributed by atoms with van der Waals surface area (Å²) in [6, 6.07) is 12.6. The van der Waals surface area contributed by atoms with Gasteiger partial charge in [0.15, 0.2) is 0 Å². The van der Waals surface area contributed by atoms with Crippen LogP contribution in [0, 0.1) is 0 Å². The number of carbonyl (C=O) groups is 2. The molecule has 26 heavy (non-hydrogen) atoms. The van der Waals surface area contributed by atoms with Crippen LogP contribution in [0.4, 0.5) is 16.2 Å². The number of pyridine rings is 1. The fraction of sp³-hybridized carbons (Fsp3) is 0.211. The van der Waals surface area contributed by atoms with Gasteiger partial charge in [0.1, 0.15) is 5.65 Å². The van der Waals surface area contributed by atoms with Crippen molar-refractivity contribution in [2.75, 3.05) is 23.8 Å². The van der Waals surface area contributed by atoms with Gasteiger partial charge in [0.2, 0.25) is 5.91 Å². The van der Waals surface area contributed by atoms with Crippen LogP contribution in [0.25, 0.3) is 5.65 Å². The predicted molar refractivity (Wildman–Crippen MR) is 101 cm³/mol. The monoisotopic (exact) mass is 351 g/mol. The molecule has 2 heterocycles. The molecule has 2 aromatic heterocycles. The molecule has 0 fully saturated rings. The highest BCUT2D eigenvalue weighted by molar-refractivity contribution is 5.92. The minimum Gasteiger partial charge on any atom is -0.337 e. The lowest BCUT2D eigenvalue weighted by Crippen LogP contribution is -2.30. The first-order chi connectivity index (χ1) is 12.5. The number of hydrogen-bond donors (Lipinski definition) is 2. The zero-order chi connectivity index (χ0) is 18.5. The number of rotatable bonds is 5. The van der Waals surface area contributed by atoms with Gasteiger partial charge in [0, 0.05) is 50.7 Å². The first-order valence-electron chi connectivity index (χ1n) is 8.35. The summed E-state index contributed by atoms with van der Waals surface area (Å²) in [6.45, 7) is 1.99. The molecule has 0 spiro atoms. The lowest BCUT2D eigenvalue weighted by Gasteiger charge is -2.15.